The van der Waals surface area contributed by atoms with Crippen LogP contribution >= 0.6 is 0 Å². The Morgan fingerprint density at radius 3 is 2.71 bits per heavy atom. The Morgan fingerprint density at radius 2 is 1.92 bits per heavy atom. The molecule has 2 aliphatic rings. The van der Waals surface area contributed by atoms with E-state index < -0.39 is 0 Å². The second-order valence-corrected chi connectivity index (χ2v) is 5.99. The van der Waals surface area contributed by atoms with Crippen LogP contribution in [0.5, 0.6) is 0 Å². The summed E-state index contributed by atoms with van der Waals surface area (Å²) in [6.07, 6.45) is 1.00. The molecule has 6 heteroatoms. The molecule has 2 fully saturated rings. The van der Waals surface area contributed by atoms with Crippen molar-refractivity contribution < 1.29 is 23.4 Å². The number of hydrogen-bond donors (Lipinski definition) is 1. The molecule has 4 atom stereocenters. The van der Waals surface area contributed by atoms with E-state index in [9.17, 15) is 4.79 Å². The summed E-state index contributed by atoms with van der Waals surface area (Å²) in [7, 11) is 0. The Hall–Kier alpha value is -2.15. The Balaban J connectivity index is 1.33. The Kier molecular flexibility index (Phi) is 4.34. The van der Waals surface area contributed by atoms with Gasteiger partial charge in [-0.25, -0.2) is 0 Å². The molecule has 1 N–H and O–H groups in total. The third-order valence-corrected chi connectivity index (χ3v) is 4.38. The zero-order valence-corrected chi connectivity index (χ0v) is 13.1. The number of rotatable bonds is 5. The van der Waals surface area contributed by atoms with Gasteiger partial charge >= 0.3 is 0 Å². The van der Waals surface area contributed by atoms with Crippen LogP contribution in [0.1, 0.15) is 16.1 Å². The molecule has 1 amide bonds. The third kappa shape index (κ3) is 3.08. The topological polar surface area (TPSA) is 69.9 Å². The molecule has 0 saturated carbocycles. The highest BCUT2D eigenvalue weighted by atomic mass is 16.6. The minimum absolute atomic E-state index is 0.124. The summed E-state index contributed by atoms with van der Waals surface area (Å²) in [6.45, 7) is 1.40. The molecule has 0 radical (unpaired) electrons. The lowest BCUT2D eigenvalue weighted by atomic mass is 10.1. The van der Waals surface area contributed by atoms with Gasteiger partial charge in [0, 0.05) is 0 Å². The van der Waals surface area contributed by atoms with Gasteiger partial charge in [-0.1, -0.05) is 30.3 Å². The van der Waals surface area contributed by atoms with E-state index in [-0.39, 0.29) is 36.0 Å². The smallest absolute Gasteiger partial charge is 0.287 e. The van der Waals surface area contributed by atoms with Gasteiger partial charge in [-0.2, -0.15) is 0 Å². The van der Waals surface area contributed by atoms with Crippen molar-refractivity contribution in [3.63, 3.8) is 0 Å². The normalized spacial score (nSPS) is 28.7. The van der Waals surface area contributed by atoms with Crippen molar-refractivity contribution in [1.29, 1.82) is 0 Å². The third-order valence-electron chi connectivity index (χ3n) is 4.38. The molecule has 4 rings (SSSR count). The molecule has 0 bridgehead atoms. The predicted molar refractivity (Wildman–Crippen MR) is 84.5 cm³/mol. The van der Waals surface area contributed by atoms with Gasteiger partial charge in [0.05, 0.1) is 32.1 Å². The van der Waals surface area contributed by atoms with E-state index in [1.165, 1.54) is 6.26 Å². The van der Waals surface area contributed by atoms with Crippen molar-refractivity contribution in [3.05, 3.63) is 60.1 Å². The number of furan rings is 1. The molecule has 4 unspecified atom stereocenters. The SMILES string of the molecule is O=C(NC1COC2C(OCc3ccccc3)COC12)c1ccco1. The molecule has 2 saturated heterocycles. The van der Waals surface area contributed by atoms with Crippen LogP contribution in [0.25, 0.3) is 0 Å². The number of nitrogens with one attached hydrogen (secondary N) is 1. The minimum Gasteiger partial charge on any atom is -0.459 e. The second-order valence-electron chi connectivity index (χ2n) is 5.99. The maximum Gasteiger partial charge on any atom is 0.287 e. The van der Waals surface area contributed by atoms with Crippen molar-refractivity contribution in [3.8, 4) is 0 Å². The summed E-state index contributed by atoms with van der Waals surface area (Å²) >= 11 is 0. The van der Waals surface area contributed by atoms with E-state index in [2.05, 4.69) is 5.32 Å². The number of amides is 1. The number of hydrogen-bond acceptors (Lipinski definition) is 5. The summed E-state index contributed by atoms with van der Waals surface area (Å²) in [5.41, 5.74) is 1.11. The van der Waals surface area contributed by atoms with Crippen LogP contribution < -0.4 is 5.32 Å². The van der Waals surface area contributed by atoms with Crippen molar-refractivity contribution in [2.45, 2.75) is 31.0 Å². The van der Waals surface area contributed by atoms with E-state index in [1.807, 2.05) is 30.3 Å². The molecule has 2 aliphatic heterocycles. The van der Waals surface area contributed by atoms with Crippen LogP contribution in [-0.4, -0.2) is 43.5 Å². The maximum atomic E-state index is 12.1. The predicted octanol–water partition coefficient (Wildman–Crippen LogP) is 1.76. The van der Waals surface area contributed by atoms with Gasteiger partial charge in [0.15, 0.2) is 5.76 Å². The summed E-state index contributed by atoms with van der Waals surface area (Å²) in [4.78, 5) is 12.1. The van der Waals surface area contributed by atoms with Gasteiger partial charge in [-0.15, -0.1) is 0 Å². The zero-order chi connectivity index (χ0) is 16.4. The fraction of sp³-hybridized carbons (Fsp3) is 0.389. The first-order valence-corrected chi connectivity index (χ1v) is 8.04. The number of benzene rings is 1. The minimum atomic E-state index is -0.258. The van der Waals surface area contributed by atoms with E-state index >= 15 is 0 Å². The Labute approximate surface area is 139 Å². The standard InChI is InChI=1S/C18H19NO5/c20-18(14-7-4-8-21-14)19-13-10-23-17-15(11-24-16(13)17)22-9-12-5-2-1-3-6-12/h1-8,13,15-17H,9-11H2,(H,19,20). The van der Waals surface area contributed by atoms with Gasteiger partial charge in [-0.05, 0) is 17.7 Å². The van der Waals surface area contributed by atoms with Crippen molar-refractivity contribution in [2.75, 3.05) is 13.2 Å². The molecule has 24 heavy (non-hydrogen) atoms. The van der Waals surface area contributed by atoms with Gasteiger partial charge in [-0.3, -0.25) is 4.79 Å². The van der Waals surface area contributed by atoms with Crippen LogP contribution in [0, 0.1) is 0 Å². The molecule has 6 nitrogen and oxygen atoms in total. The highest BCUT2D eigenvalue weighted by Gasteiger charge is 2.48. The fourth-order valence-electron chi connectivity index (χ4n) is 3.16. The molecule has 2 aromatic rings. The zero-order valence-electron chi connectivity index (χ0n) is 13.1. The first kappa shape index (κ1) is 15.4. The average molecular weight is 329 g/mol. The Morgan fingerprint density at radius 1 is 1.08 bits per heavy atom. The molecule has 0 spiro atoms. The van der Waals surface area contributed by atoms with Crippen LogP contribution in [0.3, 0.4) is 0 Å². The van der Waals surface area contributed by atoms with Crippen molar-refractivity contribution in [2.24, 2.45) is 0 Å². The molecule has 3 heterocycles. The lowest BCUT2D eigenvalue weighted by Crippen LogP contribution is -2.44. The highest BCUT2D eigenvalue weighted by Crippen LogP contribution is 2.29. The quantitative estimate of drug-likeness (QED) is 0.905. The molecule has 0 aliphatic carbocycles. The number of ether oxygens (including phenoxy) is 3. The monoisotopic (exact) mass is 329 g/mol. The molecular weight excluding hydrogens is 310 g/mol. The first-order valence-electron chi connectivity index (χ1n) is 8.04. The number of carbonyl (C=O) groups is 1. The van der Waals surface area contributed by atoms with E-state index in [0.29, 0.717) is 19.8 Å². The maximum absolute atomic E-state index is 12.1. The number of fused-ring (bicyclic) bond motifs is 1. The summed E-state index contributed by atoms with van der Waals surface area (Å²) in [6, 6.07) is 13.1. The van der Waals surface area contributed by atoms with Crippen LogP contribution in [-0.2, 0) is 20.8 Å². The fourth-order valence-corrected chi connectivity index (χ4v) is 3.16. The van der Waals surface area contributed by atoms with Gasteiger partial charge in [0.1, 0.15) is 18.3 Å². The molecule has 1 aromatic heterocycles. The van der Waals surface area contributed by atoms with Crippen LogP contribution in [0.2, 0.25) is 0 Å². The summed E-state index contributed by atoms with van der Waals surface area (Å²) < 4.78 is 22.7. The molecule has 126 valence electrons. The van der Waals surface area contributed by atoms with E-state index in [0.717, 1.165) is 5.56 Å². The lowest BCUT2D eigenvalue weighted by Gasteiger charge is -2.17. The summed E-state index contributed by atoms with van der Waals surface area (Å²) in [5.74, 6) is 0.0276. The summed E-state index contributed by atoms with van der Waals surface area (Å²) in [5, 5.41) is 2.91. The number of carbonyl (C=O) groups excluding carboxylic acids is 1. The highest BCUT2D eigenvalue weighted by molar-refractivity contribution is 5.91. The van der Waals surface area contributed by atoms with E-state index in [1.54, 1.807) is 12.1 Å². The molecule has 1 aromatic carbocycles. The van der Waals surface area contributed by atoms with Crippen LogP contribution in [0.4, 0.5) is 0 Å². The van der Waals surface area contributed by atoms with Crippen LogP contribution in [0.15, 0.2) is 53.1 Å². The van der Waals surface area contributed by atoms with Gasteiger partial charge < -0.3 is 23.9 Å². The van der Waals surface area contributed by atoms with Crippen molar-refractivity contribution >= 4 is 5.91 Å². The second kappa shape index (κ2) is 6.76. The van der Waals surface area contributed by atoms with Gasteiger partial charge in [0.2, 0.25) is 0 Å². The first-order chi connectivity index (χ1) is 11.8. The molecular formula is C18H19NO5. The lowest BCUT2D eigenvalue weighted by molar-refractivity contribution is -0.0392. The largest absolute Gasteiger partial charge is 0.459 e. The Bertz CT molecular complexity index is 672. The van der Waals surface area contributed by atoms with E-state index in [4.69, 9.17) is 18.6 Å². The van der Waals surface area contributed by atoms with Gasteiger partial charge in [0.25, 0.3) is 5.91 Å². The van der Waals surface area contributed by atoms with Crippen molar-refractivity contribution in [1.82, 2.24) is 5.32 Å². The average Bonchev–Trinajstić information content (AvgIpc) is 3.33.